The maximum absolute atomic E-state index is 7.32. The fourth-order valence-corrected chi connectivity index (χ4v) is 45.2. The van der Waals surface area contributed by atoms with Gasteiger partial charge in [-0.15, -0.1) is 0 Å². The van der Waals surface area contributed by atoms with Gasteiger partial charge in [-0.05, 0) is 0 Å². The molecule has 0 spiro atoms. The van der Waals surface area contributed by atoms with Crippen LogP contribution in [0.2, 0.25) is 0 Å². The van der Waals surface area contributed by atoms with Crippen LogP contribution in [0.5, 0.6) is 0 Å². The van der Waals surface area contributed by atoms with Gasteiger partial charge in [0.2, 0.25) is 0 Å². The van der Waals surface area contributed by atoms with E-state index in [9.17, 15) is 0 Å². The summed E-state index contributed by atoms with van der Waals surface area (Å²) in [5, 5.41) is 0. The minimum absolute atomic E-state index is 0.121. The van der Waals surface area contributed by atoms with E-state index < -0.39 is 31.0 Å². The third-order valence-electron chi connectivity index (χ3n) is 37.5. The van der Waals surface area contributed by atoms with Crippen molar-refractivity contribution in [1.29, 1.82) is 0 Å². The Bertz CT molecular complexity index is 2420. The zero-order valence-electron chi connectivity index (χ0n) is 92.2. The van der Waals surface area contributed by atoms with Crippen LogP contribution in [0, 0.1) is 0 Å². The quantitative estimate of drug-likeness (QED) is 0.0527. The SMILES string of the molecule is C1CCC(OP(OC2CCCCC2)(OC2CCCCC2)(OC2CCCCC2)OC2CCCCC2)CC1.C1CCC(OP(OC2CCCCC2)(OC2CCCCC2)(OC2CCCCC2)OC2CCCCC2)CC1.C1CCC(OP(OC2CCCCC2)(OC2CCCCC2)(OC2CCCCC2)OC2CCCCC2)CC1.C1CCC(OP(OC2CCCCC2)(OC2CCCCC2)(OC2CCCCC2)OC2CCCCC2)CC1. The van der Waals surface area contributed by atoms with Crippen molar-refractivity contribution < 1.29 is 90.5 Å². The molecule has 0 N–H and O–H groups in total. The fraction of sp³-hybridized carbons (Fsp3) is 1.00. The molecule has 0 radical (unpaired) electrons. The summed E-state index contributed by atoms with van der Waals surface area (Å²) < 4.78 is 146. The van der Waals surface area contributed by atoms with Gasteiger partial charge < -0.3 is 0 Å². The first kappa shape index (κ1) is 116. The molecule has 20 fully saturated rings. The van der Waals surface area contributed by atoms with E-state index in [-0.39, 0.29) is 122 Å². The Balaban J connectivity index is 0.000000132. The Hall–Kier alpha value is 0.920. The van der Waals surface area contributed by atoms with Gasteiger partial charge in [-0.3, -0.25) is 0 Å². The van der Waals surface area contributed by atoms with Crippen LogP contribution in [-0.2, 0) is 90.5 Å². The summed E-state index contributed by atoms with van der Waals surface area (Å²) in [5.74, 6) is 0. The van der Waals surface area contributed by atoms with Crippen LogP contribution in [-0.4, -0.2) is 122 Å². The van der Waals surface area contributed by atoms with E-state index in [1.165, 1.54) is 385 Å². The Morgan fingerprint density at radius 2 is 0.104 bits per heavy atom. The molecule has 20 aliphatic rings. The van der Waals surface area contributed by atoms with E-state index >= 15 is 0 Å². The molecule has 0 atom stereocenters. The maximum atomic E-state index is 7.32. The Morgan fingerprint density at radius 1 is 0.0625 bits per heavy atom. The van der Waals surface area contributed by atoms with Gasteiger partial charge in [0.05, 0.1) is 0 Å². The van der Waals surface area contributed by atoms with Crippen LogP contribution in [0.1, 0.15) is 642 Å². The van der Waals surface area contributed by atoms with Gasteiger partial charge in [-0.2, -0.15) is 0 Å². The van der Waals surface area contributed by atoms with Gasteiger partial charge in [0.15, 0.2) is 0 Å². The molecule has 840 valence electrons. The number of hydrogen-bond acceptors (Lipinski definition) is 20. The zero-order valence-corrected chi connectivity index (χ0v) is 95.8. The van der Waals surface area contributed by atoms with E-state index in [2.05, 4.69) is 0 Å². The Kier molecular flexibility index (Phi) is 48.5. The molecule has 20 aliphatic carbocycles. The molecule has 0 bridgehead atoms. The number of hydrogen-bond donors (Lipinski definition) is 0. The molecule has 20 rings (SSSR count). The van der Waals surface area contributed by atoms with Gasteiger partial charge in [-0.1, -0.05) is 0 Å². The third-order valence-corrected chi connectivity index (χ3v) is 50.3. The van der Waals surface area contributed by atoms with Crippen molar-refractivity contribution in [3.05, 3.63) is 0 Å². The topological polar surface area (TPSA) is 185 Å². The predicted octanol–water partition coefficient (Wildman–Crippen LogP) is 39.4. The van der Waals surface area contributed by atoms with Gasteiger partial charge in [0.1, 0.15) is 0 Å². The van der Waals surface area contributed by atoms with Crippen molar-refractivity contribution in [3.63, 3.8) is 0 Å². The summed E-state index contributed by atoms with van der Waals surface area (Å²) in [6.07, 6.45) is 120. The molecular weight excluding hydrogens is 1890 g/mol. The second-order valence-corrected chi connectivity index (χ2v) is 60.5. The molecule has 0 heterocycles. The molecule has 24 heteroatoms. The zero-order chi connectivity index (χ0) is 98.2. The molecular formula is C120H220O20P4. The van der Waals surface area contributed by atoms with E-state index in [4.69, 9.17) is 90.5 Å². The van der Waals surface area contributed by atoms with Crippen LogP contribution >= 0.6 is 31.0 Å². The van der Waals surface area contributed by atoms with E-state index in [0.717, 1.165) is 257 Å². The van der Waals surface area contributed by atoms with Gasteiger partial charge in [0.25, 0.3) is 0 Å². The average Bonchev–Trinajstić information content (AvgIpc) is 0.745. The molecule has 20 saturated carbocycles. The summed E-state index contributed by atoms with van der Waals surface area (Å²) in [6.45, 7) is 0. The standard InChI is InChI=1S/4C30H55O5P/c4*1-6-16-26(17-7-1)31-36(32-27-18-8-2-9-19-27,33-28-20-10-3-11-21-28,34-29-22-12-4-13-23-29)35-30-24-14-5-15-25-30/h4*26-30H,1-25H2. The molecule has 0 saturated heterocycles. The molecule has 0 aromatic heterocycles. The van der Waals surface area contributed by atoms with E-state index in [1.807, 2.05) is 0 Å². The van der Waals surface area contributed by atoms with Crippen molar-refractivity contribution in [3.8, 4) is 0 Å². The van der Waals surface area contributed by atoms with Crippen molar-refractivity contribution in [2.75, 3.05) is 0 Å². The summed E-state index contributed by atoms with van der Waals surface area (Å²) in [4.78, 5) is 0. The first-order valence-electron chi connectivity index (χ1n) is 64.7. The second-order valence-electron chi connectivity index (χ2n) is 50.3. The fourth-order valence-electron chi connectivity index (χ4n) is 29.3. The minimum atomic E-state index is -4.30. The Labute approximate surface area is 880 Å². The van der Waals surface area contributed by atoms with Gasteiger partial charge in [0, 0.05) is 0 Å². The number of rotatable bonds is 40. The molecule has 144 heavy (non-hydrogen) atoms. The first-order valence-corrected chi connectivity index (χ1v) is 72.0. The summed E-state index contributed by atoms with van der Waals surface area (Å²) in [5.41, 5.74) is 0. The second kappa shape index (κ2) is 60.2. The monoisotopic (exact) mass is 2110 g/mol. The molecule has 0 unspecified atom stereocenters. The van der Waals surface area contributed by atoms with Crippen LogP contribution in [0.25, 0.3) is 0 Å². The summed E-state index contributed by atoms with van der Waals surface area (Å²) in [7, 11) is -17.2. The van der Waals surface area contributed by atoms with Crippen LogP contribution < -0.4 is 0 Å². The van der Waals surface area contributed by atoms with Crippen molar-refractivity contribution in [2.24, 2.45) is 0 Å². The Morgan fingerprint density at radius 3 is 0.146 bits per heavy atom. The van der Waals surface area contributed by atoms with E-state index in [1.54, 1.807) is 0 Å². The summed E-state index contributed by atoms with van der Waals surface area (Å²) in [6, 6.07) is 0. The average molecular weight is 2110 g/mol. The molecule has 0 aromatic carbocycles. The first-order chi connectivity index (χ1) is 70.8. The molecule has 20 nitrogen and oxygen atoms in total. The van der Waals surface area contributed by atoms with Crippen molar-refractivity contribution >= 4 is 31.0 Å². The predicted molar refractivity (Wildman–Crippen MR) is 587 cm³/mol. The third kappa shape index (κ3) is 36.5. The van der Waals surface area contributed by atoms with Gasteiger partial charge >= 0.3 is 886 Å². The van der Waals surface area contributed by atoms with Crippen molar-refractivity contribution in [2.45, 2.75) is 764 Å². The van der Waals surface area contributed by atoms with Crippen molar-refractivity contribution in [1.82, 2.24) is 0 Å². The van der Waals surface area contributed by atoms with E-state index in [0.29, 0.717) is 0 Å². The van der Waals surface area contributed by atoms with Crippen LogP contribution in [0.15, 0.2) is 0 Å². The molecule has 0 aliphatic heterocycles. The van der Waals surface area contributed by atoms with Crippen LogP contribution in [0.4, 0.5) is 0 Å². The molecule has 0 amide bonds. The summed E-state index contributed by atoms with van der Waals surface area (Å²) >= 11 is 0. The normalized spacial score (nSPS) is 28.6. The van der Waals surface area contributed by atoms with Gasteiger partial charge in [-0.25, -0.2) is 0 Å². The van der Waals surface area contributed by atoms with Crippen LogP contribution in [0.3, 0.4) is 0 Å². The molecule has 0 aromatic rings.